The predicted octanol–water partition coefficient (Wildman–Crippen LogP) is 4.90. The molecule has 9 unspecified atom stereocenters. The van der Waals surface area contributed by atoms with E-state index in [9.17, 15) is 24.3 Å². The molecule has 12 nitrogen and oxygen atoms in total. The van der Waals surface area contributed by atoms with Crippen molar-refractivity contribution in [3.63, 3.8) is 0 Å². The molecule has 1 fully saturated rings. The first kappa shape index (κ1) is 49.0. The molecule has 1 heterocycles. The molecule has 12 heteroatoms. The lowest BCUT2D eigenvalue weighted by Crippen LogP contribution is -2.59. The lowest BCUT2D eigenvalue weighted by atomic mass is 9.89. The van der Waals surface area contributed by atoms with E-state index in [2.05, 4.69) is 10.6 Å². The van der Waals surface area contributed by atoms with Gasteiger partial charge in [-0.2, -0.15) is 0 Å². The number of nitrogens with zero attached hydrogens (tertiary/aromatic N) is 3. The van der Waals surface area contributed by atoms with E-state index < -0.39 is 48.4 Å². The molecule has 0 aliphatic carbocycles. The average molecular weight is 762 g/mol. The number of ether oxygens (including phenoxy) is 2. The van der Waals surface area contributed by atoms with E-state index in [-0.39, 0.29) is 53.8 Å². The van der Waals surface area contributed by atoms with Crippen LogP contribution in [0.25, 0.3) is 0 Å². The van der Waals surface area contributed by atoms with Crippen molar-refractivity contribution in [2.24, 2.45) is 23.7 Å². The zero-order valence-electron chi connectivity index (χ0n) is 36.1. The Bertz CT molecular complexity index is 1270. The van der Waals surface area contributed by atoms with Gasteiger partial charge >= 0.3 is 0 Å². The fourth-order valence-electron chi connectivity index (χ4n) is 7.78. The van der Waals surface area contributed by atoms with Crippen LogP contribution in [0.2, 0.25) is 0 Å². The number of rotatable bonds is 20. The average Bonchev–Trinajstić information content (AvgIpc) is 3.63. The molecule has 1 aromatic rings. The van der Waals surface area contributed by atoms with Crippen molar-refractivity contribution in [2.45, 2.75) is 143 Å². The fraction of sp³-hybridized carbons (Fsp3) is 0.762. The summed E-state index contributed by atoms with van der Waals surface area (Å²) in [6.45, 7) is 20.0. The maximum atomic E-state index is 14.2. The second kappa shape index (κ2) is 23.8. The molecule has 0 radical (unpaired) electrons. The van der Waals surface area contributed by atoms with Gasteiger partial charge in [0.2, 0.25) is 23.6 Å². The Hall–Kier alpha value is -3.06. The second-order valence-electron chi connectivity index (χ2n) is 15.6. The number of hydrogen-bond donors (Lipinski definition) is 3. The Kier molecular flexibility index (Phi) is 21.5. The number of likely N-dealkylation sites (N-methyl/N-ethyl adjacent to an activating group) is 2. The fourth-order valence-corrected chi connectivity index (χ4v) is 7.78. The zero-order valence-corrected chi connectivity index (χ0v) is 36.1. The van der Waals surface area contributed by atoms with Crippen molar-refractivity contribution < 1.29 is 33.8 Å². The maximum absolute atomic E-state index is 14.2. The molecular formula is C42H75N5O7. The van der Waals surface area contributed by atoms with Crippen LogP contribution in [-0.4, -0.2) is 128 Å². The van der Waals surface area contributed by atoms with Gasteiger partial charge < -0.3 is 35.0 Å². The first-order chi connectivity index (χ1) is 25.4. The minimum Gasteiger partial charge on any atom is -0.386 e. The summed E-state index contributed by atoms with van der Waals surface area (Å²) in [5, 5.41) is 16.8. The van der Waals surface area contributed by atoms with Crippen LogP contribution in [0.15, 0.2) is 30.3 Å². The van der Waals surface area contributed by atoms with Gasteiger partial charge in [-0.05, 0) is 57.2 Å². The highest BCUT2D eigenvalue weighted by Crippen LogP contribution is 2.30. The van der Waals surface area contributed by atoms with E-state index in [1.165, 1.54) is 0 Å². The largest absolute Gasteiger partial charge is 0.386 e. The monoisotopic (exact) mass is 762 g/mol. The molecule has 2 rings (SSSR count). The van der Waals surface area contributed by atoms with Crippen LogP contribution in [-0.2, 0) is 28.7 Å². The number of benzene rings is 1. The summed E-state index contributed by atoms with van der Waals surface area (Å²) in [6.07, 6.45) is 0.148. The van der Waals surface area contributed by atoms with Gasteiger partial charge in [0.1, 0.15) is 6.04 Å². The molecule has 1 saturated heterocycles. The van der Waals surface area contributed by atoms with Crippen LogP contribution in [0.5, 0.6) is 0 Å². The first-order valence-corrected chi connectivity index (χ1v) is 20.0. The molecule has 310 valence electrons. The number of carbonyl (C=O) groups is 4. The molecule has 0 aromatic heterocycles. The number of methoxy groups -OCH3 is 2. The number of amides is 4. The van der Waals surface area contributed by atoms with Crippen LogP contribution in [0.1, 0.15) is 107 Å². The van der Waals surface area contributed by atoms with Crippen LogP contribution in [0, 0.1) is 23.7 Å². The maximum Gasteiger partial charge on any atom is 0.245 e. The van der Waals surface area contributed by atoms with Crippen molar-refractivity contribution in [3.8, 4) is 0 Å². The molecule has 54 heavy (non-hydrogen) atoms. The van der Waals surface area contributed by atoms with Gasteiger partial charge in [-0.1, -0.05) is 99.1 Å². The van der Waals surface area contributed by atoms with Gasteiger partial charge in [0.05, 0.1) is 54.8 Å². The molecule has 10 atom stereocenters. The molecule has 0 bridgehead atoms. The summed E-state index contributed by atoms with van der Waals surface area (Å²) in [5.74, 6) is -1.57. The highest BCUT2D eigenvalue weighted by atomic mass is 16.5. The van der Waals surface area contributed by atoms with Gasteiger partial charge in [-0.25, -0.2) is 0 Å². The number of hydrogen-bond acceptors (Lipinski definition) is 8. The Morgan fingerprint density at radius 2 is 1.48 bits per heavy atom. The van der Waals surface area contributed by atoms with Crippen molar-refractivity contribution in [2.75, 3.05) is 41.9 Å². The van der Waals surface area contributed by atoms with E-state index in [4.69, 9.17) is 9.47 Å². The van der Waals surface area contributed by atoms with Gasteiger partial charge in [-0.3, -0.25) is 24.1 Å². The third kappa shape index (κ3) is 13.0. The predicted molar refractivity (Wildman–Crippen MR) is 216 cm³/mol. The number of nitrogens with one attached hydrogen (secondary N) is 2. The molecule has 0 spiro atoms. The summed E-state index contributed by atoms with van der Waals surface area (Å²) in [6, 6.07) is 6.72. The normalized spacial score (nSPS) is 19.5. The standard InChI is InChI=1S/C40H69N5O7.C2H6/c1-14-26(6)35(44(11)40(50)33(24(2)3)42-39(49)34(25(4)5)43(9)10)31(51-12)23-32(46)45-22-18-21-30(45)37(52-13)27(7)38(48)41-28(8)36(47)29-19-16-15-17-20-29;1-2/h15-17,19-20,24-28,30-31,33-37,47H,14,18,21-23H2,1-13H3,(H,41,48)(H,42,49);1-2H3/t26?,27?,28?,30?,31?,33-,34?,35?,36?,37?;/m0./s1. The van der Waals surface area contributed by atoms with Crippen LogP contribution < -0.4 is 10.6 Å². The van der Waals surface area contributed by atoms with E-state index in [0.717, 1.165) is 12.8 Å². The minimum atomic E-state index is -0.876. The summed E-state index contributed by atoms with van der Waals surface area (Å²) < 4.78 is 11.9. The topological polar surface area (TPSA) is 141 Å². The van der Waals surface area contributed by atoms with Gasteiger partial charge in [0.25, 0.3) is 0 Å². The van der Waals surface area contributed by atoms with E-state index in [1.807, 2.05) is 105 Å². The number of aliphatic hydroxyl groups is 1. The van der Waals surface area contributed by atoms with Crippen LogP contribution in [0.3, 0.4) is 0 Å². The third-order valence-electron chi connectivity index (χ3n) is 10.9. The highest BCUT2D eigenvalue weighted by molar-refractivity contribution is 5.90. The Balaban J connectivity index is 0.00000716. The van der Waals surface area contributed by atoms with Crippen molar-refractivity contribution in [1.29, 1.82) is 0 Å². The molecule has 1 aliphatic rings. The van der Waals surface area contributed by atoms with Gasteiger partial charge in [-0.15, -0.1) is 0 Å². The number of likely N-dealkylation sites (tertiary alicyclic amines) is 1. The lowest BCUT2D eigenvalue weighted by molar-refractivity contribution is -0.148. The summed E-state index contributed by atoms with van der Waals surface area (Å²) >= 11 is 0. The summed E-state index contributed by atoms with van der Waals surface area (Å²) in [7, 11) is 8.57. The molecule has 1 aromatic carbocycles. The number of aliphatic hydroxyl groups excluding tert-OH is 1. The van der Waals surface area contributed by atoms with Crippen LogP contribution in [0.4, 0.5) is 0 Å². The second-order valence-corrected chi connectivity index (χ2v) is 15.6. The number of carbonyl (C=O) groups excluding carboxylic acids is 4. The van der Waals surface area contributed by atoms with E-state index >= 15 is 0 Å². The van der Waals surface area contributed by atoms with Gasteiger partial charge in [0, 0.05) is 27.8 Å². The minimum absolute atomic E-state index is 0.0153. The molecular weight excluding hydrogens is 686 g/mol. The first-order valence-electron chi connectivity index (χ1n) is 20.0. The molecule has 4 amide bonds. The highest BCUT2D eigenvalue weighted by Gasteiger charge is 2.43. The third-order valence-corrected chi connectivity index (χ3v) is 10.9. The molecule has 3 N–H and O–H groups in total. The smallest absolute Gasteiger partial charge is 0.245 e. The van der Waals surface area contributed by atoms with E-state index in [0.29, 0.717) is 18.5 Å². The molecule has 1 aliphatic heterocycles. The Labute approximate surface area is 327 Å². The molecule has 0 saturated carbocycles. The quantitative estimate of drug-likeness (QED) is 0.171. The van der Waals surface area contributed by atoms with Crippen molar-refractivity contribution >= 4 is 23.6 Å². The SMILES string of the molecule is CC.CCC(C)C(C(CC(=O)N1CCCC1C(OC)C(C)C(=O)NC(C)C(O)c1ccccc1)OC)N(C)C(=O)[C@@H](NC(=O)C(C(C)C)N(C)C)C(C)C. The van der Waals surface area contributed by atoms with Gasteiger partial charge in [0.15, 0.2) is 0 Å². The zero-order chi connectivity index (χ0) is 41.4. The van der Waals surface area contributed by atoms with Crippen molar-refractivity contribution in [3.05, 3.63) is 35.9 Å². The summed E-state index contributed by atoms with van der Waals surface area (Å²) in [4.78, 5) is 60.6. The van der Waals surface area contributed by atoms with Crippen molar-refractivity contribution in [1.82, 2.24) is 25.3 Å². The Morgan fingerprint density at radius 1 is 0.889 bits per heavy atom. The Morgan fingerprint density at radius 3 is 1.96 bits per heavy atom. The van der Waals surface area contributed by atoms with Crippen LogP contribution >= 0.6 is 0 Å². The lowest BCUT2D eigenvalue weighted by Gasteiger charge is -2.41. The summed E-state index contributed by atoms with van der Waals surface area (Å²) in [5.41, 5.74) is 0.711. The van der Waals surface area contributed by atoms with E-state index in [1.54, 1.807) is 44.9 Å².